The van der Waals surface area contributed by atoms with E-state index in [2.05, 4.69) is 20.4 Å². The Balaban J connectivity index is 2.44. The smallest absolute Gasteiger partial charge is 0.263 e. The summed E-state index contributed by atoms with van der Waals surface area (Å²) in [5.41, 5.74) is 1.69. The number of hydrogen-bond acceptors (Lipinski definition) is 2. The zero-order chi connectivity index (χ0) is 17.0. The first kappa shape index (κ1) is 17.2. The summed E-state index contributed by atoms with van der Waals surface area (Å²) in [5.74, 6) is -0.105. The fourth-order valence-corrected chi connectivity index (χ4v) is 3.65. The number of halogens is 1. The molecule has 0 radical (unpaired) electrons. The Labute approximate surface area is 137 Å². The zero-order valence-corrected chi connectivity index (χ0v) is 14.1. The van der Waals surface area contributed by atoms with Crippen LogP contribution >= 0.6 is 0 Å². The lowest BCUT2D eigenvalue weighted by Gasteiger charge is -2.23. The fraction of sp³-hybridized carbons (Fsp3) is 0.222. The Kier molecular flexibility index (Phi) is 5.21. The highest BCUT2D eigenvalue weighted by molar-refractivity contribution is 7.92. The number of anilines is 1. The van der Waals surface area contributed by atoms with Crippen LogP contribution in [0.15, 0.2) is 66.1 Å². The molecule has 0 N–H and O–H groups in total. The van der Waals surface area contributed by atoms with Gasteiger partial charge < -0.3 is 0 Å². The van der Waals surface area contributed by atoms with Crippen molar-refractivity contribution in [3.05, 3.63) is 72.6 Å². The average Bonchev–Trinajstić information content (AvgIpc) is 2.53. The van der Waals surface area contributed by atoms with Gasteiger partial charge in [-0.25, -0.2) is 12.8 Å². The van der Waals surface area contributed by atoms with E-state index < -0.39 is 15.8 Å². The molecule has 0 aromatic heterocycles. The van der Waals surface area contributed by atoms with Crippen LogP contribution in [-0.2, 0) is 10.0 Å². The molecule has 3 nitrogen and oxygen atoms in total. The summed E-state index contributed by atoms with van der Waals surface area (Å²) in [7, 11) is -3.77. The van der Waals surface area contributed by atoms with Crippen LogP contribution in [-0.4, -0.2) is 15.0 Å². The van der Waals surface area contributed by atoms with Gasteiger partial charge in [0.2, 0.25) is 0 Å². The van der Waals surface area contributed by atoms with Crippen molar-refractivity contribution in [2.24, 2.45) is 0 Å². The molecule has 0 bridgehead atoms. The standard InChI is InChI=1S/C18H20FNO2S/c1-4-13-20(17-9-5-15(6-10-17)14(2)3)23(21,22)18-11-7-16(19)8-12-18/h4-12,14H,1,13H2,2-3H3. The lowest BCUT2D eigenvalue weighted by Crippen LogP contribution is -2.31. The van der Waals surface area contributed by atoms with Gasteiger partial charge in [0.15, 0.2) is 0 Å². The summed E-state index contributed by atoms with van der Waals surface area (Å²) >= 11 is 0. The lowest BCUT2D eigenvalue weighted by atomic mass is 10.0. The first-order valence-electron chi connectivity index (χ1n) is 7.35. The van der Waals surface area contributed by atoms with Crippen molar-refractivity contribution in [1.82, 2.24) is 0 Å². The van der Waals surface area contributed by atoms with E-state index in [0.29, 0.717) is 11.6 Å². The molecule has 122 valence electrons. The number of rotatable bonds is 6. The van der Waals surface area contributed by atoms with Crippen LogP contribution in [0.1, 0.15) is 25.3 Å². The topological polar surface area (TPSA) is 37.4 Å². The Morgan fingerprint density at radius 3 is 2.13 bits per heavy atom. The minimum absolute atomic E-state index is 0.0497. The highest BCUT2D eigenvalue weighted by atomic mass is 32.2. The quantitative estimate of drug-likeness (QED) is 0.738. The van der Waals surface area contributed by atoms with Gasteiger partial charge in [-0.05, 0) is 47.9 Å². The first-order valence-corrected chi connectivity index (χ1v) is 8.79. The third kappa shape index (κ3) is 3.79. The van der Waals surface area contributed by atoms with Crippen molar-refractivity contribution in [1.29, 1.82) is 0 Å². The molecule has 0 unspecified atom stereocenters. The summed E-state index contributed by atoms with van der Waals surface area (Å²) in [5, 5.41) is 0. The Morgan fingerprint density at radius 2 is 1.65 bits per heavy atom. The van der Waals surface area contributed by atoms with Crippen molar-refractivity contribution in [3.8, 4) is 0 Å². The van der Waals surface area contributed by atoms with Gasteiger partial charge in [-0.1, -0.05) is 32.1 Å². The van der Waals surface area contributed by atoms with Gasteiger partial charge in [0.1, 0.15) is 5.82 Å². The normalized spacial score (nSPS) is 11.5. The molecule has 2 aromatic carbocycles. The van der Waals surface area contributed by atoms with E-state index in [0.717, 1.165) is 17.7 Å². The van der Waals surface area contributed by atoms with Gasteiger partial charge in [-0.15, -0.1) is 6.58 Å². The molecule has 5 heteroatoms. The van der Waals surface area contributed by atoms with E-state index in [4.69, 9.17) is 0 Å². The van der Waals surface area contributed by atoms with Gasteiger partial charge in [0, 0.05) is 0 Å². The number of nitrogens with zero attached hydrogens (tertiary/aromatic N) is 1. The monoisotopic (exact) mass is 333 g/mol. The van der Waals surface area contributed by atoms with Crippen LogP contribution in [0.2, 0.25) is 0 Å². The average molecular weight is 333 g/mol. The van der Waals surface area contributed by atoms with Crippen LogP contribution in [0.4, 0.5) is 10.1 Å². The second kappa shape index (κ2) is 6.96. The summed E-state index contributed by atoms with van der Waals surface area (Å²) in [4.78, 5) is 0.0497. The minimum Gasteiger partial charge on any atom is -0.263 e. The summed E-state index contributed by atoms with van der Waals surface area (Å²) in [6.07, 6.45) is 1.53. The van der Waals surface area contributed by atoms with Crippen LogP contribution in [0.3, 0.4) is 0 Å². The maximum atomic E-state index is 13.0. The van der Waals surface area contributed by atoms with Crippen molar-refractivity contribution < 1.29 is 12.8 Å². The highest BCUT2D eigenvalue weighted by Gasteiger charge is 2.24. The predicted octanol–water partition coefficient (Wildman–Crippen LogP) is 4.33. The summed E-state index contributed by atoms with van der Waals surface area (Å²) in [6.45, 7) is 7.92. The Hall–Kier alpha value is -2.14. The fourth-order valence-electron chi connectivity index (χ4n) is 2.22. The van der Waals surface area contributed by atoms with Crippen LogP contribution < -0.4 is 4.31 Å². The molecule has 0 atom stereocenters. The van der Waals surface area contributed by atoms with Crippen LogP contribution in [0, 0.1) is 5.82 Å². The highest BCUT2D eigenvalue weighted by Crippen LogP contribution is 2.26. The molecule has 0 spiro atoms. The molecule has 0 heterocycles. The number of hydrogen-bond donors (Lipinski definition) is 0. The molecule has 0 aliphatic heterocycles. The van der Waals surface area contributed by atoms with E-state index in [1.54, 1.807) is 12.1 Å². The van der Waals surface area contributed by atoms with Crippen molar-refractivity contribution in [2.75, 3.05) is 10.8 Å². The second-order valence-corrected chi connectivity index (χ2v) is 7.39. The van der Waals surface area contributed by atoms with Crippen molar-refractivity contribution >= 4 is 15.7 Å². The van der Waals surface area contributed by atoms with E-state index in [-0.39, 0.29) is 11.4 Å². The second-order valence-electron chi connectivity index (χ2n) is 5.52. The lowest BCUT2D eigenvalue weighted by molar-refractivity contribution is 0.591. The molecule has 23 heavy (non-hydrogen) atoms. The third-order valence-electron chi connectivity index (χ3n) is 3.54. The molecule has 0 saturated carbocycles. The van der Waals surface area contributed by atoms with E-state index in [1.165, 1.54) is 22.5 Å². The van der Waals surface area contributed by atoms with Gasteiger partial charge in [-0.2, -0.15) is 0 Å². The van der Waals surface area contributed by atoms with Crippen LogP contribution in [0.25, 0.3) is 0 Å². The predicted molar refractivity (Wildman–Crippen MR) is 91.7 cm³/mol. The van der Waals surface area contributed by atoms with Crippen molar-refractivity contribution in [2.45, 2.75) is 24.7 Å². The van der Waals surface area contributed by atoms with Gasteiger partial charge in [-0.3, -0.25) is 4.31 Å². The Morgan fingerprint density at radius 1 is 1.09 bits per heavy atom. The van der Waals surface area contributed by atoms with Gasteiger partial charge in [0.05, 0.1) is 17.1 Å². The summed E-state index contributed by atoms with van der Waals surface area (Å²) < 4.78 is 39.9. The SMILES string of the molecule is C=CCN(c1ccc(C(C)C)cc1)S(=O)(=O)c1ccc(F)cc1. The van der Waals surface area contributed by atoms with Crippen molar-refractivity contribution in [3.63, 3.8) is 0 Å². The molecule has 0 aliphatic carbocycles. The molecule has 0 fully saturated rings. The molecule has 0 saturated heterocycles. The molecule has 2 rings (SSSR count). The molecule has 0 amide bonds. The Bertz CT molecular complexity index is 766. The molecular formula is C18H20FNO2S. The molecule has 2 aromatic rings. The third-order valence-corrected chi connectivity index (χ3v) is 5.35. The number of sulfonamides is 1. The van der Waals surface area contributed by atoms with Gasteiger partial charge in [0.25, 0.3) is 10.0 Å². The maximum Gasteiger partial charge on any atom is 0.264 e. The maximum absolute atomic E-state index is 13.0. The van der Waals surface area contributed by atoms with E-state index >= 15 is 0 Å². The largest absolute Gasteiger partial charge is 0.264 e. The molecular weight excluding hydrogens is 313 g/mol. The zero-order valence-electron chi connectivity index (χ0n) is 13.2. The van der Waals surface area contributed by atoms with E-state index in [1.807, 2.05) is 12.1 Å². The number of benzene rings is 2. The van der Waals surface area contributed by atoms with Gasteiger partial charge >= 0.3 is 0 Å². The summed E-state index contributed by atoms with van der Waals surface area (Å²) in [6, 6.07) is 12.2. The minimum atomic E-state index is -3.77. The molecule has 0 aliphatic rings. The van der Waals surface area contributed by atoms with Crippen LogP contribution in [0.5, 0.6) is 0 Å². The first-order chi connectivity index (χ1) is 10.9. The van der Waals surface area contributed by atoms with E-state index in [9.17, 15) is 12.8 Å².